The molecule has 0 atom stereocenters. The third-order valence-electron chi connectivity index (χ3n) is 0.980. The first-order chi connectivity index (χ1) is 5.69. The third-order valence-corrected chi connectivity index (χ3v) is 0.980. The summed E-state index contributed by atoms with van der Waals surface area (Å²) < 4.78 is 69.8. The standard InChI is InChI=1S/C6H4F6O/c7-5(8,9)4(2-1-3-13)6(10,11)12/h4,13H,3H2. The van der Waals surface area contributed by atoms with Gasteiger partial charge in [0.15, 0.2) is 0 Å². The molecule has 1 N–H and O–H groups in total. The Hall–Kier alpha value is -0.900. The smallest absolute Gasteiger partial charge is 0.384 e. The summed E-state index contributed by atoms with van der Waals surface area (Å²) in [5.74, 6) is -1.46. The van der Waals surface area contributed by atoms with Crippen molar-refractivity contribution >= 4 is 0 Å². The van der Waals surface area contributed by atoms with Crippen LogP contribution in [-0.2, 0) is 0 Å². The summed E-state index contributed by atoms with van der Waals surface area (Å²) in [6.45, 7) is -1.04. The first kappa shape index (κ1) is 12.1. The Balaban J connectivity index is 4.79. The van der Waals surface area contributed by atoms with E-state index in [2.05, 4.69) is 0 Å². The van der Waals surface area contributed by atoms with Crippen molar-refractivity contribution in [3.05, 3.63) is 0 Å². The fraction of sp³-hybridized carbons (Fsp3) is 0.667. The van der Waals surface area contributed by atoms with Crippen molar-refractivity contribution in [2.24, 2.45) is 5.92 Å². The Morgan fingerprint density at radius 2 is 1.38 bits per heavy atom. The van der Waals surface area contributed by atoms with Crippen molar-refractivity contribution in [2.75, 3.05) is 6.61 Å². The van der Waals surface area contributed by atoms with Crippen LogP contribution in [0, 0.1) is 17.8 Å². The first-order valence-electron chi connectivity index (χ1n) is 2.92. The second-order valence-corrected chi connectivity index (χ2v) is 2.00. The average Bonchev–Trinajstić information content (AvgIpc) is 1.81. The molecule has 0 aromatic rings. The van der Waals surface area contributed by atoms with E-state index in [1.165, 1.54) is 5.92 Å². The summed E-state index contributed by atoms with van der Waals surface area (Å²) in [5.41, 5.74) is 0. The molecular formula is C6H4F6O. The molecule has 0 rings (SSSR count). The zero-order valence-electron chi connectivity index (χ0n) is 6.00. The van der Waals surface area contributed by atoms with E-state index in [1.54, 1.807) is 0 Å². The Bertz CT molecular complexity index is 202. The number of hydrogen-bond donors (Lipinski definition) is 1. The molecule has 0 bridgehead atoms. The normalized spacial score (nSPS) is 12.6. The molecule has 0 saturated carbocycles. The zero-order chi connectivity index (χ0) is 10.7. The summed E-state index contributed by atoms with van der Waals surface area (Å²) in [5, 5.41) is 7.94. The van der Waals surface area contributed by atoms with E-state index in [4.69, 9.17) is 5.11 Å². The van der Waals surface area contributed by atoms with Crippen LogP contribution in [-0.4, -0.2) is 24.1 Å². The molecule has 0 aromatic heterocycles. The summed E-state index contributed by atoms with van der Waals surface area (Å²) >= 11 is 0. The van der Waals surface area contributed by atoms with E-state index < -0.39 is 24.9 Å². The zero-order valence-corrected chi connectivity index (χ0v) is 6.00. The Morgan fingerprint density at radius 1 is 1.00 bits per heavy atom. The summed E-state index contributed by atoms with van der Waals surface area (Å²) in [6, 6.07) is 0. The highest BCUT2D eigenvalue weighted by molar-refractivity contribution is 5.08. The maximum absolute atomic E-state index is 11.6. The van der Waals surface area contributed by atoms with Crippen LogP contribution >= 0.6 is 0 Å². The van der Waals surface area contributed by atoms with Crippen LogP contribution in [0.25, 0.3) is 0 Å². The first-order valence-corrected chi connectivity index (χ1v) is 2.92. The van der Waals surface area contributed by atoms with E-state index in [1.807, 2.05) is 0 Å². The van der Waals surface area contributed by atoms with Crippen molar-refractivity contribution in [2.45, 2.75) is 12.4 Å². The van der Waals surface area contributed by atoms with E-state index >= 15 is 0 Å². The molecular weight excluding hydrogens is 202 g/mol. The molecule has 0 spiro atoms. The Morgan fingerprint density at radius 3 is 1.62 bits per heavy atom. The highest BCUT2D eigenvalue weighted by Crippen LogP contribution is 2.38. The monoisotopic (exact) mass is 206 g/mol. The number of aliphatic hydroxyl groups excluding tert-OH is 1. The summed E-state index contributed by atoms with van der Waals surface area (Å²) in [4.78, 5) is 0. The number of alkyl halides is 6. The van der Waals surface area contributed by atoms with Crippen molar-refractivity contribution in [3.8, 4) is 11.8 Å². The minimum atomic E-state index is -5.46. The molecule has 0 unspecified atom stereocenters. The van der Waals surface area contributed by atoms with Crippen molar-refractivity contribution in [3.63, 3.8) is 0 Å². The molecule has 76 valence electrons. The summed E-state index contributed by atoms with van der Waals surface area (Å²) in [6.07, 6.45) is -10.9. The van der Waals surface area contributed by atoms with E-state index in [9.17, 15) is 26.3 Å². The van der Waals surface area contributed by atoms with Crippen LogP contribution in [0.4, 0.5) is 26.3 Å². The van der Waals surface area contributed by atoms with E-state index in [-0.39, 0.29) is 0 Å². The van der Waals surface area contributed by atoms with Gasteiger partial charge in [0.05, 0.1) is 0 Å². The van der Waals surface area contributed by atoms with Gasteiger partial charge in [0.25, 0.3) is 0 Å². The maximum Gasteiger partial charge on any atom is 0.411 e. The predicted octanol–water partition coefficient (Wildman–Crippen LogP) is 1.72. The van der Waals surface area contributed by atoms with Gasteiger partial charge in [-0.3, -0.25) is 0 Å². The second-order valence-electron chi connectivity index (χ2n) is 2.00. The molecule has 7 heteroatoms. The molecule has 0 aromatic carbocycles. The number of halogens is 6. The van der Waals surface area contributed by atoms with Gasteiger partial charge in [-0.25, -0.2) is 0 Å². The fourth-order valence-electron chi connectivity index (χ4n) is 0.497. The molecule has 0 radical (unpaired) electrons. The number of aliphatic hydroxyl groups is 1. The Labute approximate surface area is 69.4 Å². The third kappa shape index (κ3) is 4.03. The molecule has 0 amide bonds. The van der Waals surface area contributed by atoms with Gasteiger partial charge in [-0.05, 0) is 0 Å². The van der Waals surface area contributed by atoms with E-state index in [0.717, 1.165) is 5.92 Å². The predicted molar refractivity (Wildman–Crippen MR) is 30.5 cm³/mol. The van der Waals surface area contributed by atoms with Gasteiger partial charge in [0.1, 0.15) is 6.61 Å². The quantitative estimate of drug-likeness (QED) is 0.472. The molecule has 1 nitrogen and oxygen atoms in total. The lowest BCUT2D eigenvalue weighted by Crippen LogP contribution is -2.35. The maximum atomic E-state index is 11.6. The van der Waals surface area contributed by atoms with Gasteiger partial charge in [0, 0.05) is 0 Å². The topological polar surface area (TPSA) is 20.2 Å². The molecule has 13 heavy (non-hydrogen) atoms. The van der Waals surface area contributed by atoms with Crippen LogP contribution in [0.3, 0.4) is 0 Å². The highest BCUT2D eigenvalue weighted by Gasteiger charge is 2.55. The van der Waals surface area contributed by atoms with Gasteiger partial charge in [-0.2, -0.15) is 26.3 Å². The van der Waals surface area contributed by atoms with Crippen LogP contribution in [0.2, 0.25) is 0 Å². The van der Waals surface area contributed by atoms with Crippen molar-refractivity contribution in [1.29, 1.82) is 0 Å². The molecule has 0 heterocycles. The number of rotatable bonds is 0. The molecule has 0 aliphatic heterocycles. The largest absolute Gasteiger partial charge is 0.411 e. The van der Waals surface area contributed by atoms with Crippen LogP contribution in [0.15, 0.2) is 0 Å². The van der Waals surface area contributed by atoms with Crippen molar-refractivity contribution < 1.29 is 31.4 Å². The Kier molecular flexibility index (Phi) is 3.60. The molecule has 0 saturated heterocycles. The highest BCUT2D eigenvalue weighted by atomic mass is 19.4. The molecule has 0 aliphatic carbocycles. The van der Waals surface area contributed by atoms with Crippen molar-refractivity contribution in [1.82, 2.24) is 0 Å². The molecule has 0 fully saturated rings. The van der Waals surface area contributed by atoms with Crippen LogP contribution in [0.5, 0.6) is 0 Å². The van der Waals surface area contributed by atoms with Gasteiger partial charge >= 0.3 is 12.4 Å². The summed E-state index contributed by atoms with van der Waals surface area (Å²) in [7, 11) is 0. The van der Waals surface area contributed by atoms with Crippen LogP contribution in [0.1, 0.15) is 0 Å². The van der Waals surface area contributed by atoms with Gasteiger partial charge in [-0.1, -0.05) is 11.8 Å². The number of hydrogen-bond acceptors (Lipinski definition) is 1. The molecule has 0 aliphatic rings. The lowest BCUT2D eigenvalue weighted by molar-refractivity contribution is -0.264. The SMILES string of the molecule is OCC#CC(C(F)(F)F)C(F)(F)F. The minimum absolute atomic E-state index is 0.899. The minimum Gasteiger partial charge on any atom is -0.384 e. The lowest BCUT2D eigenvalue weighted by atomic mass is 10.1. The second kappa shape index (κ2) is 3.87. The van der Waals surface area contributed by atoms with E-state index in [0.29, 0.717) is 0 Å². The fourth-order valence-corrected chi connectivity index (χ4v) is 0.497. The average molecular weight is 206 g/mol. The lowest BCUT2D eigenvalue weighted by Gasteiger charge is -2.17. The van der Waals surface area contributed by atoms with Gasteiger partial charge < -0.3 is 5.11 Å². The van der Waals surface area contributed by atoms with Crippen LogP contribution < -0.4 is 0 Å². The van der Waals surface area contributed by atoms with Gasteiger partial charge in [0.2, 0.25) is 5.92 Å². The van der Waals surface area contributed by atoms with Gasteiger partial charge in [-0.15, -0.1) is 0 Å².